The van der Waals surface area contributed by atoms with Crippen molar-refractivity contribution in [3.8, 4) is 0 Å². The summed E-state index contributed by atoms with van der Waals surface area (Å²) in [5.74, 6) is -0.467. The van der Waals surface area contributed by atoms with Gasteiger partial charge in [-0.3, -0.25) is 4.79 Å². The third kappa shape index (κ3) is 3.99. The monoisotopic (exact) mass is 330 g/mol. The molecule has 1 fully saturated rings. The Labute approximate surface area is 119 Å². The molecule has 0 aliphatic carbocycles. The van der Waals surface area contributed by atoms with E-state index in [1.165, 1.54) is 6.07 Å². The van der Waals surface area contributed by atoms with Crippen molar-refractivity contribution in [2.24, 2.45) is 0 Å². The van der Waals surface area contributed by atoms with Gasteiger partial charge in [0.05, 0.1) is 23.6 Å². The first-order chi connectivity index (χ1) is 9.06. The van der Waals surface area contributed by atoms with Crippen LogP contribution in [0.25, 0.3) is 0 Å². The van der Waals surface area contributed by atoms with Crippen LogP contribution in [0.1, 0.15) is 12.0 Å². The van der Waals surface area contributed by atoms with Gasteiger partial charge >= 0.3 is 0 Å². The number of carbonyl (C=O) groups excluding carboxylic acids is 1. The van der Waals surface area contributed by atoms with Gasteiger partial charge in [-0.15, -0.1) is 0 Å². The van der Waals surface area contributed by atoms with Crippen LogP contribution < -0.4 is 10.6 Å². The number of halogens is 2. The van der Waals surface area contributed by atoms with Gasteiger partial charge in [-0.1, -0.05) is 0 Å². The van der Waals surface area contributed by atoms with Crippen molar-refractivity contribution in [1.29, 1.82) is 0 Å². The minimum Gasteiger partial charge on any atom is -0.375 e. The van der Waals surface area contributed by atoms with Gasteiger partial charge in [0.25, 0.3) is 0 Å². The highest BCUT2D eigenvalue weighted by atomic mass is 79.9. The maximum atomic E-state index is 13.3. The van der Waals surface area contributed by atoms with Crippen molar-refractivity contribution in [2.75, 3.05) is 25.0 Å². The molecule has 104 valence electrons. The summed E-state index contributed by atoms with van der Waals surface area (Å²) in [6, 6.07) is 2.96. The number of aryl methyl sites for hydroxylation is 1. The molecule has 1 aliphatic heterocycles. The summed E-state index contributed by atoms with van der Waals surface area (Å²) in [6.07, 6.45) is 0.194. The lowest BCUT2D eigenvalue weighted by atomic mass is 10.1. The van der Waals surface area contributed by atoms with Crippen molar-refractivity contribution in [3.63, 3.8) is 0 Å². The first kappa shape index (κ1) is 14.4. The second kappa shape index (κ2) is 6.45. The predicted octanol–water partition coefficient (Wildman–Crippen LogP) is 2.21. The largest absolute Gasteiger partial charge is 0.375 e. The van der Waals surface area contributed by atoms with Crippen LogP contribution in [0, 0.1) is 12.7 Å². The average Bonchev–Trinajstić information content (AvgIpc) is 2.37. The van der Waals surface area contributed by atoms with E-state index < -0.39 is 0 Å². The van der Waals surface area contributed by atoms with E-state index in [9.17, 15) is 9.18 Å². The number of ether oxygens (including phenoxy) is 1. The molecule has 1 aromatic rings. The molecule has 4 nitrogen and oxygen atoms in total. The summed E-state index contributed by atoms with van der Waals surface area (Å²) in [5.41, 5.74) is 1.30. The maximum absolute atomic E-state index is 13.3. The zero-order valence-electron chi connectivity index (χ0n) is 10.6. The molecule has 1 unspecified atom stereocenters. The number of anilines is 1. The van der Waals surface area contributed by atoms with Crippen LogP contribution >= 0.6 is 15.9 Å². The number of nitrogens with one attached hydrogen (secondary N) is 2. The smallest absolute Gasteiger partial charge is 0.227 e. The van der Waals surface area contributed by atoms with Gasteiger partial charge in [0.2, 0.25) is 5.91 Å². The van der Waals surface area contributed by atoms with Crippen molar-refractivity contribution < 1.29 is 13.9 Å². The number of rotatable bonds is 3. The van der Waals surface area contributed by atoms with E-state index in [1.807, 2.05) is 0 Å². The Kier molecular flexibility index (Phi) is 4.90. The molecule has 0 spiro atoms. The molecule has 0 bridgehead atoms. The summed E-state index contributed by atoms with van der Waals surface area (Å²) in [6.45, 7) is 3.88. The number of carbonyl (C=O) groups is 1. The quantitative estimate of drug-likeness (QED) is 0.893. The normalized spacial score (nSPS) is 19.2. The molecular weight excluding hydrogens is 315 g/mol. The van der Waals surface area contributed by atoms with Crippen LogP contribution in [0.2, 0.25) is 0 Å². The standard InChI is InChI=1S/C13H16BrFN2O2/c1-8-4-11(15)10(14)6-12(8)17-13(18)5-9-7-16-2-3-19-9/h4,6,9,16H,2-3,5,7H2,1H3,(H,17,18). The molecular formula is C13H16BrFN2O2. The molecule has 0 aromatic heterocycles. The van der Waals surface area contributed by atoms with Crippen LogP contribution in [0.3, 0.4) is 0 Å². The lowest BCUT2D eigenvalue weighted by Crippen LogP contribution is -2.40. The lowest BCUT2D eigenvalue weighted by Gasteiger charge is -2.23. The fourth-order valence-electron chi connectivity index (χ4n) is 1.94. The average molecular weight is 331 g/mol. The highest BCUT2D eigenvalue weighted by molar-refractivity contribution is 9.10. The zero-order chi connectivity index (χ0) is 13.8. The van der Waals surface area contributed by atoms with E-state index >= 15 is 0 Å². The summed E-state index contributed by atoms with van der Waals surface area (Å²) >= 11 is 3.11. The van der Waals surface area contributed by atoms with Gasteiger partial charge in [-0.05, 0) is 40.5 Å². The van der Waals surface area contributed by atoms with Gasteiger partial charge in [0.1, 0.15) is 5.82 Å². The zero-order valence-corrected chi connectivity index (χ0v) is 12.2. The minimum absolute atomic E-state index is 0.0991. The van der Waals surface area contributed by atoms with Gasteiger partial charge in [-0.25, -0.2) is 4.39 Å². The number of morpholine rings is 1. The van der Waals surface area contributed by atoms with E-state index in [4.69, 9.17) is 4.74 Å². The molecule has 1 aromatic carbocycles. The molecule has 1 atom stereocenters. The first-order valence-electron chi connectivity index (χ1n) is 6.14. The predicted molar refractivity (Wildman–Crippen MR) is 74.7 cm³/mol. The minimum atomic E-state index is -0.338. The van der Waals surface area contributed by atoms with E-state index in [1.54, 1.807) is 13.0 Å². The van der Waals surface area contributed by atoms with E-state index in [2.05, 4.69) is 26.6 Å². The van der Waals surface area contributed by atoms with Crippen molar-refractivity contribution in [3.05, 3.63) is 28.0 Å². The third-order valence-corrected chi connectivity index (χ3v) is 3.57. The first-order valence-corrected chi connectivity index (χ1v) is 6.93. The molecule has 19 heavy (non-hydrogen) atoms. The Morgan fingerprint density at radius 1 is 1.63 bits per heavy atom. The topological polar surface area (TPSA) is 50.4 Å². The lowest BCUT2D eigenvalue weighted by molar-refractivity contribution is -0.119. The van der Waals surface area contributed by atoms with Crippen LogP contribution in [-0.2, 0) is 9.53 Å². The number of hydrogen-bond donors (Lipinski definition) is 2. The second-order valence-corrected chi connectivity index (χ2v) is 5.38. The van der Waals surface area contributed by atoms with Crippen LogP contribution in [0.15, 0.2) is 16.6 Å². The van der Waals surface area contributed by atoms with Crippen LogP contribution in [0.4, 0.5) is 10.1 Å². The van der Waals surface area contributed by atoms with Gasteiger partial charge in [-0.2, -0.15) is 0 Å². The summed E-state index contributed by atoms with van der Waals surface area (Å²) in [5, 5.41) is 5.95. The Bertz CT molecular complexity index is 476. The second-order valence-electron chi connectivity index (χ2n) is 4.53. The highest BCUT2D eigenvalue weighted by Gasteiger charge is 2.18. The molecule has 1 aliphatic rings. The van der Waals surface area contributed by atoms with Gasteiger partial charge in [0, 0.05) is 18.8 Å². The van der Waals surface area contributed by atoms with Crippen molar-refractivity contribution in [1.82, 2.24) is 5.32 Å². The Hall–Kier alpha value is -0.980. The SMILES string of the molecule is Cc1cc(F)c(Br)cc1NC(=O)CC1CNCCO1. The van der Waals surface area contributed by atoms with Gasteiger partial charge < -0.3 is 15.4 Å². The van der Waals surface area contributed by atoms with Crippen molar-refractivity contribution >= 4 is 27.5 Å². The molecule has 1 heterocycles. The van der Waals surface area contributed by atoms with Crippen LogP contribution in [0.5, 0.6) is 0 Å². The van der Waals surface area contributed by atoms with Crippen LogP contribution in [-0.4, -0.2) is 31.7 Å². The summed E-state index contributed by atoms with van der Waals surface area (Å²) in [7, 11) is 0. The van der Waals surface area contributed by atoms with Gasteiger partial charge in [0.15, 0.2) is 0 Å². The molecule has 0 saturated carbocycles. The fraction of sp³-hybridized carbons (Fsp3) is 0.462. The van der Waals surface area contributed by atoms with Crippen molar-refractivity contribution in [2.45, 2.75) is 19.4 Å². The Balaban J connectivity index is 1.96. The van der Waals surface area contributed by atoms with E-state index in [0.29, 0.717) is 35.3 Å². The molecule has 6 heteroatoms. The molecule has 0 radical (unpaired) electrons. The molecule has 2 rings (SSSR count). The molecule has 1 saturated heterocycles. The Morgan fingerprint density at radius 2 is 2.42 bits per heavy atom. The third-order valence-electron chi connectivity index (χ3n) is 2.96. The fourth-order valence-corrected chi connectivity index (χ4v) is 2.28. The number of hydrogen-bond acceptors (Lipinski definition) is 3. The highest BCUT2D eigenvalue weighted by Crippen LogP contribution is 2.24. The number of amides is 1. The molecule has 2 N–H and O–H groups in total. The van der Waals surface area contributed by atoms with E-state index in [0.717, 1.165) is 6.54 Å². The van der Waals surface area contributed by atoms with E-state index in [-0.39, 0.29) is 17.8 Å². The summed E-state index contributed by atoms with van der Waals surface area (Å²) in [4.78, 5) is 11.9. The molecule has 1 amide bonds. The Morgan fingerprint density at radius 3 is 3.11 bits per heavy atom. The maximum Gasteiger partial charge on any atom is 0.227 e. The summed E-state index contributed by atoms with van der Waals surface area (Å²) < 4.78 is 19.1. The number of benzene rings is 1.